The van der Waals surface area contributed by atoms with Gasteiger partial charge in [-0.25, -0.2) is 0 Å². The Morgan fingerprint density at radius 3 is 3.14 bits per heavy atom. The SMILES string of the molecule is CC(OC1CCCCO1)c1ccsc1. The van der Waals surface area contributed by atoms with Crippen LogP contribution in [-0.2, 0) is 9.47 Å². The van der Waals surface area contributed by atoms with E-state index in [0.717, 1.165) is 13.0 Å². The van der Waals surface area contributed by atoms with Crippen LogP contribution in [0.25, 0.3) is 0 Å². The van der Waals surface area contributed by atoms with Crippen molar-refractivity contribution >= 4 is 11.3 Å². The van der Waals surface area contributed by atoms with E-state index in [2.05, 4.69) is 23.8 Å². The summed E-state index contributed by atoms with van der Waals surface area (Å²) in [4.78, 5) is 0. The van der Waals surface area contributed by atoms with Gasteiger partial charge in [0.1, 0.15) is 0 Å². The molecule has 0 radical (unpaired) electrons. The molecule has 2 atom stereocenters. The maximum atomic E-state index is 5.82. The first-order valence-electron chi connectivity index (χ1n) is 5.15. The molecule has 3 heteroatoms. The second-order valence-corrected chi connectivity index (χ2v) is 4.41. The number of ether oxygens (including phenoxy) is 2. The summed E-state index contributed by atoms with van der Waals surface area (Å²) in [5.74, 6) is 0. The van der Waals surface area contributed by atoms with Gasteiger partial charge < -0.3 is 9.47 Å². The van der Waals surface area contributed by atoms with Gasteiger partial charge in [-0.05, 0) is 48.6 Å². The Kier molecular flexibility index (Phi) is 3.56. The second kappa shape index (κ2) is 4.91. The number of thiophene rings is 1. The highest BCUT2D eigenvalue weighted by Crippen LogP contribution is 2.24. The predicted octanol–water partition coefficient (Wildman–Crippen LogP) is 3.35. The topological polar surface area (TPSA) is 18.5 Å². The Balaban J connectivity index is 1.84. The molecule has 0 bridgehead atoms. The van der Waals surface area contributed by atoms with E-state index in [-0.39, 0.29) is 12.4 Å². The summed E-state index contributed by atoms with van der Waals surface area (Å²) in [7, 11) is 0. The average Bonchev–Trinajstić information content (AvgIpc) is 2.72. The van der Waals surface area contributed by atoms with E-state index in [1.165, 1.54) is 18.4 Å². The zero-order valence-corrected chi connectivity index (χ0v) is 9.26. The zero-order chi connectivity index (χ0) is 9.80. The lowest BCUT2D eigenvalue weighted by Crippen LogP contribution is -2.23. The fraction of sp³-hybridized carbons (Fsp3) is 0.636. The largest absolute Gasteiger partial charge is 0.353 e. The predicted molar refractivity (Wildman–Crippen MR) is 57.4 cm³/mol. The van der Waals surface area contributed by atoms with Crippen molar-refractivity contribution in [2.24, 2.45) is 0 Å². The van der Waals surface area contributed by atoms with Crippen molar-refractivity contribution in [2.75, 3.05) is 6.61 Å². The van der Waals surface area contributed by atoms with Crippen molar-refractivity contribution in [3.05, 3.63) is 22.4 Å². The molecule has 1 aromatic heterocycles. The van der Waals surface area contributed by atoms with Gasteiger partial charge in [0.25, 0.3) is 0 Å². The molecule has 2 rings (SSSR count). The Labute approximate surface area is 88.8 Å². The molecule has 0 aromatic carbocycles. The summed E-state index contributed by atoms with van der Waals surface area (Å²) in [6.45, 7) is 2.93. The third-order valence-electron chi connectivity index (χ3n) is 2.51. The molecular weight excluding hydrogens is 196 g/mol. The summed E-state index contributed by atoms with van der Waals surface area (Å²) in [5, 5.41) is 4.21. The van der Waals surface area contributed by atoms with Crippen LogP contribution < -0.4 is 0 Å². The van der Waals surface area contributed by atoms with Crippen molar-refractivity contribution in [2.45, 2.75) is 38.6 Å². The van der Waals surface area contributed by atoms with E-state index in [9.17, 15) is 0 Å². The molecule has 1 fully saturated rings. The van der Waals surface area contributed by atoms with Crippen molar-refractivity contribution in [3.8, 4) is 0 Å². The van der Waals surface area contributed by atoms with Gasteiger partial charge in [0.05, 0.1) is 6.10 Å². The number of hydrogen-bond acceptors (Lipinski definition) is 3. The van der Waals surface area contributed by atoms with Gasteiger partial charge in [-0.3, -0.25) is 0 Å². The maximum absolute atomic E-state index is 5.82. The molecule has 0 saturated carbocycles. The minimum absolute atomic E-state index is 0.0126. The number of rotatable bonds is 3. The summed E-state index contributed by atoms with van der Waals surface area (Å²) in [5.41, 5.74) is 1.25. The van der Waals surface area contributed by atoms with E-state index in [1.54, 1.807) is 11.3 Å². The Bertz CT molecular complexity index is 252. The van der Waals surface area contributed by atoms with E-state index in [0.29, 0.717) is 0 Å². The minimum atomic E-state index is 0.0126. The molecule has 78 valence electrons. The van der Waals surface area contributed by atoms with Gasteiger partial charge in [-0.1, -0.05) is 0 Å². The Hall–Kier alpha value is -0.380. The first-order chi connectivity index (χ1) is 6.86. The van der Waals surface area contributed by atoms with Crippen LogP contribution in [0.2, 0.25) is 0 Å². The Morgan fingerprint density at radius 2 is 2.50 bits per heavy atom. The molecule has 1 aromatic rings. The molecule has 2 nitrogen and oxygen atoms in total. The minimum Gasteiger partial charge on any atom is -0.353 e. The van der Waals surface area contributed by atoms with Gasteiger partial charge in [0.15, 0.2) is 6.29 Å². The van der Waals surface area contributed by atoms with Crippen LogP contribution in [0.1, 0.15) is 37.9 Å². The van der Waals surface area contributed by atoms with Gasteiger partial charge in [-0.2, -0.15) is 11.3 Å². The molecule has 14 heavy (non-hydrogen) atoms. The van der Waals surface area contributed by atoms with Gasteiger partial charge in [0.2, 0.25) is 0 Å². The number of hydrogen-bond donors (Lipinski definition) is 0. The van der Waals surface area contributed by atoms with Crippen LogP contribution in [0.15, 0.2) is 16.8 Å². The highest BCUT2D eigenvalue weighted by atomic mass is 32.1. The molecule has 0 amide bonds. The van der Waals surface area contributed by atoms with E-state index in [4.69, 9.17) is 9.47 Å². The first-order valence-corrected chi connectivity index (χ1v) is 6.09. The molecule has 1 aliphatic heterocycles. The summed E-state index contributed by atoms with van der Waals surface area (Å²) >= 11 is 1.71. The summed E-state index contributed by atoms with van der Waals surface area (Å²) in [6.07, 6.45) is 3.60. The molecular formula is C11H16O2S. The molecule has 1 saturated heterocycles. The van der Waals surface area contributed by atoms with Gasteiger partial charge >= 0.3 is 0 Å². The summed E-state index contributed by atoms with van der Waals surface area (Å²) in [6, 6.07) is 2.11. The van der Waals surface area contributed by atoms with E-state index < -0.39 is 0 Å². The van der Waals surface area contributed by atoms with Crippen LogP contribution in [0.4, 0.5) is 0 Å². The highest BCUT2D eigenvalue weighted by molar-refractivity contribution is 7.07. The smallest absolute Gasteiger partial charge is 0.158 e. The van der Waals surface area contributed by atoms with Crippen molar-refractivity contribution in [3.63, 3.8) is 0 Å². The van der Waals surface area contributed by atoms with Crippen LogP contribution in [0, 0.1) is 0 Å². The molecule has 0 aliphatic carbocycles. The summed E-state index contributed by atoms with van der Waals surface area (Å²) < 4.78 is 11.3. The van der Waals surface area contributed by atoms with Crippen molar-refractivity contribution < 1.29 is 9.47 Å². The third kappa shape index (κ3) is 2.56. The third-order valence-corrected chi connectivity index (χ3v) is 3.21. The van der Waals surface area contributed by atoms with Crippen LogP contribution in [0.5, 0.6) is 0 Å². The fourth-order valence-electron chi connectivity index (χ4n) is 1.63. The van der Waals surface area contributed by atoms with E-state index >= 15 is 0 Å². The molecule has 2 heterocycles. The first kappa shape index (κ1) is 10.1. The lowest BCUT2D eigenvalue weighted by Gasteiger charge is -2.25. The second-order valence-electron chi connectivity index (χ2n) is 3.63. The average molecular weight is 212 g/mol. The molecule has 2 unspecified atom stereocenters. The lowest BCUT2D eigenvalue weighted by atomic mass is 10.2. The quantitative estimate of drug-likeness (QED) is 0.765. The van der Waals surface area contributed by atoms with Gasteiger partial charge in [0, 0.05) is 6.61 Å². The highest BCUT2D eigenvalue weighted by Gasteiger charge is 2.18. The van der Waals surface area contributed by atoms with Crippen molar-refractivity contribution in [1.82, 2.24) is 0 Å². The van der Waals surface area contributed by atoms with Crippen LogP contribution >= 0.6 is 11.3 Å². The normalized spacial score (nSPS) is 24.8. The molecule has 0 N–H and O–H groups in total. The zero-order valence-electron chi connectivity index (χ0n) is 8.44. The monoisotopic (exact) mass is 212 g/mol. The maximum Gasteiger partial charge on any atom is 0.158 e. The van der Waals surface area contributed by atoms with Crippen molar-refractivity contribution in [1.29, 1.82) is 0 Å². The standard InChI is InChI=1S/C11H16O2S/c1-9(10-5-7-14-8-10)13-11-4-2-3-6-12-11/h5,7-9,11H,2-4,6H2,1H3. The molecule has 1 aliphatic rings. The van der Waals surface area contributed by atoms with Gasteiger partial charge in [-0.15, -0.1) is 0 Å². The fourth-order valence-corrected chi connectivity index (χ4v) is 2.37. The van der Waals surface area contributed by atoms with E-state index in [1.807, 2.05) is 0 Å². The Morgan fingerprint density at radius 1 is 1.57 bits per heavy atom. The van der Waals surface area contributed by atoms with Crippen LogP contribution in [-0.4, -0.2) is 12.9 Å². The lowest BCUT2D eigenvalue weighted by molar-refractivity contribution is -0.186. The van der Waals surface area contributed by atoms with Crippen LogP contribution in [0.3, 0.4) is 0 Å². The molecule has 0 spiro atoms.